The van der Waals surface area contributed by atoms with E-state index in [-0.39, 0.29) is 12.2 Å². The maximum absolute atomic E-state index is 13.8. The molecule has 4 rings (SSSR count). The molecule has 0 unspecified atom stereocenters. The summed E-state index contributed by atoms with van der Waals surface area (Å²) in [7, 11) is 0. The van der Waals surface area contributed by atoms with E-state index in [0.29, 0.717) is 18.2 Å². The van der Waals surface area contributed by atoms with Crippen LogP contribution in [0.2, 0.25) is 0 Å². The van der Waals surface area contributed by atoms with Crippen LogP contribution < -0.4 is 0 Å². The Morgan fingerprint density at radius 2 is 2.00 bits per heavy atom. The first-order valence-corrected chi connectivity index (χ1v) is 9.38. The normalized spacial score (nSPS) is 13.7. The minimum atomic E-state index is -0.657. The molecule has 0 N–H and O–H groups in total. The van der Waals surface area contributed by atoms with Gasteiger partial charge in [0.25, 0.3) is 0 Å². The second kappa shape index (κ2) is 8.70. The molecular formula is C23H19F2N3O. The SMILES string of the molecule is Fc1ccc(CON=C(Cn2ccnc2)c2ccc(C#CC3CC3)cc2)c(F)c1. The largest absolute Gasteiger partial charge is 0.391 e. The molecule has 0 spiro atoms. The first-order valence-electron chi connectivity index (χ1n) is 9.38. The van der Waals surface area contributed by atoms with Crippen LogP contribution in [0.15, 0.2) is 66.3 Å². The van der Waals surface area contributed by atoms with Crippen LogP contribution in [0.3, 0.4) is 0 Å². The molecule has 1 aliphatic carbocycles. The predicted molar refractivity (Wildman–Crippen MR) is 106 cm³/mol. The monoisotopic (exact) mass is 391 g/mol. The van der Waals surface area contributed by atoms with Crippen molar-refractivity contribution < 1.29 is 13.6 Å². The molecule has 3 aromatic rings. The minimum absolute atomic E-state index is 0.0928. The maximum atomic E-state index is 13.8. The molecule has 1 aromatic heterocycles. The fourth-order valence-corrected chi connectivity index (χ4v) is 2.70. The summed E-state index contributed by atoms with van der Waals surface area (Å²) in [4.78, 5) is 9.43. The standard InChI is InChI=1S/C23H19F2N3O/c24-21-10-9-20(22(25)13-21)15-29-27-23(14-28-12-11-26-16-28)19-7-5-18(6-8-19)4-3-17-1-2-17/h5-13,16-17H,1-2,14-15H2. The number of aromatic nitrogens is 2. The molecule has 1 fully saturated rings. The molecule has 0 atom stereocenters. The number of nitrogens with zero attached hydrogens (tertiary/aromatic N) is 3. The maximum Gasteiger partial charge on any atom is 0.145 e. The van der Waals surface area contributed by atoms with Crippen molar-refractivity contribution >= 4 is 5.71 Å². The average Bonchev–Trinajstić information content (AvgIpc) is 3.41. The van der Waals surface area contributed by atoms with Crippen molar-refractivity contribution in [2.45, 2.75) is 26.0 Å². The van der Waals surface area contributed by atoms with Gasteiger partial charge in [-0.25, -0.2) is 13.8 Å². The second-order valence-electron chi connectivity index (χ2n) is 6.90. The van der Waals surface area contributed by atoms with Crippen LogP contribution in [-0.4, -0.2) is 15.3 Å². The van der Waals surface area contributed by atoms with Crippen molar-refractivity contribution in [3.8, 4) is 11.8 Å². The van der Waals surface area contributed by atoms with Gasteiger partial charge in [0.05, 0.1) is 12.9 Å². The fourth-order valence-electron chi connectivity index (χ4n) is 2.70. The number of benzene rings is 2. The van der Waals surface area contributed by atoms with Gasteiger partial charge in [0, 0.05) is 41.1 Å². The molecule has 0 saturated heterocycles. The third kappa shape index (κ3) is 5.29. The smallest absolute Gasteiger partial charge is 0.145 e. The van der Waals surface area contributed by atoms with Crippen molar-refractivity contribution in [3.05, 3.63) is 89.5 Å². The van der Waals surface area contributed by atoms with Crippen LogP contribution in [0, 0.1) is 29.4 Å². The van der Waals surface area contributed by atoms with E-state index < -0.39 is 11.6 Å². The lowest BCUT2D eigenvalue weighted by Crippen LogP contribution is -2.11. The van der Waals surface area contributed by atoms with Gasteiger partial charge in [-0.1, -0.05) is 29.1 Å². The Kier molecular flexibility index (Phi) is 5.66. The fraction of sp³-hybridized carbons (Fsp3) is 0.217. The van der Waals surface area contributed by atoms with E-state index in [4.69, 9.17) is 4.84 Å². The van der Waals surface area contributed by atoms with Crippen LogP contribution in [0.1, 0.15) is 29.5 Å². The number of halogens is 2. The summed E-state index contributed by atoms with van der Waals surface area (Å²) in [5, 5.41) is 4.21. The predicted octanol–water partition coefficient (Wildman–Crippen LogP) is 4.54. The zero-order valence-electron chi connectivity index (χ0n) is 15.7. The van der Waals surface area contributed by atoms with Gasteiger partial charge in [0.2, 0.25) is 0 Å². The number of oxime groups is 1. The molecule has 0 aliphatic heterocycles. The molecule has 6 heteroatoms. The van der Waals surface area contributed by atoms with Gasteiger partial charge in [0.15, 0.2) is 0 Å². The third-order valence-corrected chi connectivity index (χ3v) is 4.52. The summed E-state index contributed by atoms with van der Waals surface area (Å²) < 4.78 is 28.7. The summed E-state index contributed by atoms with van der Waals surface area (Å²) in [6.07, 6.45) is 7.58. The summed E-state index contributed by atoms with van der Waals surface area (Å²) in [5.41, 5.74) is 2.72. The molecule has 0 bridgehead atoms. The van der Waals surface area contributed by atoms with Gasteiger partial charge >= 0.3 is 0 Å². The molecule has 2 aromatic carbocycles. The summed E-state index contributed by atoms with van der Waals surface area (Å²) in [6, 6.07) is 11.2. The Labute approximate surface area is 167 Å². The summed E-state index contributed by atoms with van der Waals surface area (Å²) in [6.45, 7) is 0.351. The molecule has 146 valence electrons. The Bertz CT molecular complexity index is 1060. The van der Waals surface area contributed by atoms with E-state index in [1.165, 1.54) is 25.0 Å². The lowest BCUT2D eigenvalue weighted by atomic mass is 10.1. The van der Waals surface area contributed by atoms with Crippen LogP contribution in [0.25, 0.3) is 0 Å². The first-order chi connectivity index (χ1) is 14.2. The highest BCUT2D eigenvalue weighted by atomic mass is 19.1. The highest BCUT2D eigenvalue weighted by molar-refractivity contribution is 6.00. The Balaban J connectivity index is 1.51. The van der Waals surface area contributed by atoms with Crippen LogP contribution >= 0.6 is 0 Å². The highest BCUT2D eigenvalue weighted by Gasteiger charge is 2.17. The second-order valence-corrected chi connectivity index (χ2v) is 6.90. The molecule has 0 amide bonds. The molecule has 29 heavy (non-hydrogen) atoms. The number of rotatable bonds is 6. The molecule has 4 nitrogen and oxygen atoms in total. The summed E-state index contributed by atoms with van der Waals surface area (Å²) >= 11 is 0. The third-order valence-electron chi connectivity index (χ3n) is 4.52. The highest BCUT2D eigenvalue weighted by Crippen LogP contribution is 2.27. The molecule has 1 saturated carbocycles. The molecule has 1 heterocycles. The van der Waals surface area contributed by atoms with Crippen molar-refractivity contribution in [2.24, 2.45) is 11.1 Å². The van der Waals surface area contributed by atoms with Gasteiger partial charge in [-0.2, -0.15) is 0 Å². The van der Waals surface area contributed by atoms with Gasteiger partial charge < -0.3 is 9.40 Å². The van der Waals surface area contributed by atoms with E-state index in [9.17, 15) is 8.78 Å². The first kappa shape index (κ1) is 18.9. The van der Waals surface area contributed by atoms with Crippen LogP contribution in [0.5, 0.6) is 0 Å². The van der Waals surface area contributed by atoms with E-state index in [1.807, 2.05) is 35.0 Å². The number of hydrogen-bond acceptors (Lipinski definition) is 3. The van der Waals surface area contributed by atoms with E-state index in [0.717, 1.165) is 17.2 Å². The minimum Gasteiger partial charge on any atom is -0.391 e. The van der Waals surface area contributed by atoms with E-state index in [1.54, 1.807) is 12.5 Å². The zero-order chi connectivity index (χ0) is 20.1. The average molecular weight is 391 g/mol. The van der Waals surface area contributed by atoms with E-state index in [2.05, 4.69) is 22.0 Å². The quantitative estimate of drug-likeness (QED) is 0.351. The zero-order valence-corrected chi connectivity index (χ0v) is 15.7. The number of imidazole rings is 1. The van der Waals surface area contributed by atoms with Gasteiger partial charge in [-0.3, -0.25) is 0 Å². The molecular weight excluding hydrogens is 372 g/mol. The molecule has 0 radical (unpaired) electrons. The Hall–Kier alpha value is -3.46. The lowest BCUT2D eigenvalue weighted by Gasteiger charge is -2.09. The van der Waals surface area contributed by atoms with Crippen LogP contribution in [-0.2, 0) is 18.0 Å². The lowest BCUT2D eigenvalue weighted by molar-refractivity contribution is 0.127. The van der Waals surface area contributed by atoms with Crippen molar-refractivity contribution in [1.29, 1.82) is 0 Å². The topological polar surface area (TPSA) is 39.4 Å². The van der Waals surface area contributed by atoms with Crippen molar-refractivity contribution in [1.82, 2.24) is 9.55 Å². The van der Waals surface area contributed by atoms with Crippen molar-refractivity contribution in [3.63, 3.8) is 0 Å². The van der Waals surface area contributed by atoms with Crippen LogP contribution in [0.4, 0.5) is 8.78 Å². The summed E-state index contributed by atoms with van der Waals surface area (Å²) in [5.74, 6) is 5.69. The van der Waals surface area contributed by atoms with Crippen molar-refractivity contribution in [2.75, 3.05) is 0 Å². The van der Waals surface area contributed by atoms with Gasteiger partial charge in [-0.05, 0) is 37.1 Å². The van der Waals surface area contributed by atoms with Gasteiger partial charge in [-0.15, -0.1) is 0 Å². The molecule has 1 aliphatic rings. The number of hydrogen-bond donors (Lipinski definition) is 0. The van der Waals surface area contributed by atoms with Gasteiger partial charge in [0.1, 0.15) is 24.0 Å². The Morgan fingerprint density at radius 3 is 2.69 bits per heavy atom. The Morgan fingerprint density at radius 1 is 1.17 bits per heavy atom. The van der Waals surface area contributed by atoms with E-state index >= 15 is 0 Å².